The van der Waals surface area contributed by atoms with Crippen LogP contribution in [0.4, 0.5) is 5.82 Å². The highest BCUT2D eigenvalue weighted by molar-refractivity contribution is 9.10. The van der Waals surface area contributed by atoms with Crippen molar-refractivity contribution in [2.24, 2.45) is 0 Å². The Morgan fingerprint density at radius 2 is 2.11 bits per heavy atom. The van der Waals surface area contributed by atoms with Crippen molar-refractivity contribution in [3.63, 3.8) is 0 Å². The van der Waals surface area contributed by atoms with E-state index < -0.39 is 5.60 Å². The lowest BCUT2D eigenvalue weighted by atomic mass is 9.82. The molecule has 0 aliphatic rings. The number of benzene rings is 1. The zero-order valence-corrected chi connectivity index (χ0v) is 12.6. The summed E-state index contributed by atoms with van der Waals surface area (Å²) in [7, 11) is 0. The van der Waals surface area contributed by atoms with E-state index in [1.807, 2.05) is 44.2 Å². The van der Waals surface area contributed by atoms with Crippen molar-refractivity contribution < 1.29 is 5.11 Å². The second kappa shape index (κ2) is 5.31. The normalized spacial score (nSPS) is 14.1. The van der Waals surface area contributed by atoms with Gasteiger partial charge in [0.15, 0.2) is 0 Å². The number of nitrogen functional groups attached to an aromatic ring is 1. The molecular formula is C15H17BrN2O. The predicted molar refractivity (Wildman–Crippen MR) is 80.8 cm³/mol. The van der Waals surface area contributed by atoms with Crippen LogP contribution in [0.3, 0.4) is 0 Å². The molecule has 1 unspecified atom stereocenters. The van der Waals surface area contributed by atoms with E-state index in [0.717, 1.165) is 15.6 Å². The maximum absolute atomic E-state index is 11.1. The third kappa shape index (κ3) is 2.51. The van der Waals surface area contributed by atoms with Crippen molar-refractivity contribution in [1.82, 2.24) is 4.98 Å². The summed E-state index contributed by atoms with van der Waals surface area (Å²) in [6.07, 6.45) is 2.19. The van der Waals surface area contributed by atoms with Crippen LogP contribution in [0.5, 0.6) is 0 Å². The number of rotatable bonds is 3. The lowest BCUT2D eigenvalue weighted by Crippen LogP contribution is -2.29. The summed E-state index contributed by atoms with van der Waals surface area (Å²) in [5.41, 5.74) is 7.30. The first-order valence-electron chi connectivity index (χ1n) is 6.19. The van der Waals surface area contributed by atoms with E-state index in [1.54, 1.807) is 6.20 Å². The standard InChI is InChI=1S/C15H17BrN2O/c1-3-15(19,11-5-4-6-12(16)9-11)13-10(2)7-8-18-14(13)17/h4-9,19H,3H2,1-2H3,(H2,17,18). The van der Waals surface area contributed by atoms with Crippen molar-refractivity contribution in [2.75, 3.05) is 5.73 Å². The second-order valence-corrected chi connectivity index (χ2v) is 5.53. The minimum absolute atomic E-state index is 0.379. The van der Waals surface area contributed by atoms with Crippen LogP contribution >= 0.6 is 15.9 Å². The Hall–Kier alpha value is -1.39. The molecule has 4 heteroatoms. The van der Waals surface area contributed by atoms with Gasteiger partial charge >= 0.3 is 0 Å². The number of nitrogens with zero attached hydrogens (tertiary/aromatic N) is 1. The molecule has 0 fully saturated rings. The fourth-order valence-electron chi connectivity index (χ4n) is 2.39. The van der Waals surface area contributed by atoms with Gasteiger partial charge in [-0.15, -0.1) is 0 Å². The van der Waals surface area contributed by atoms with Gasteiger partial charge in [-0.3, -0.25) is 0 Å². The summed E-state index contributed by atoms with van der Waals surface area (Å²) in [6, 6.07) is 9.51. The molecule has 0 amide bonds. The molecule has 1 atom stereocenters. The molecule has 100 valence electrons. The van der Waals surface area contributed by atoms with Gasteiger partial charge in [0.2, 0.25) is 0 Å². The van der Waals surface area contributed by atoms with Gasteiger partial charge in [0.1, 0.15) is 11.4 Å². The van der Waals surface area contributed by atoms with Crippen LogP contribution in [0.15, 0.2) is 41.0 Å². The van der Waals surface area contributed by atoms with Gasteiger partial charge in [0.05, 0.1) is 0 Å². The number of aliphatic hydroxyl groups is 1. The molecule has 19 heavy (non-hydrogen) atoms. The average molecular weight is 321 g/mol. The highest BCUT2D eigenvalue weighted by Crippen LogP contribution is 2.38. The van der Waals surface area contributed by atoms with E-state index in [0.29, 0.717) is 17.8 Å². The molecular weight excluding hydrogens is 304 g/mol. The third-order valence-corrected chi connectivity index (χ3v) is 3.91. The Labute approximate surface area is 121 Å². The molecule has 3 nitrogen and oxygen atoms in total. The van der Waals surface area contributed by atoms with E-state index in [9.17, 15) is 5.11 Å². The summed E-state index contributed by atoms with van der Waals surface area (Å²) in [4.78, 5) is 4.11. The Balaban J connectivity index is 2.67. The molecule has 0 radical (unpaired) electrons. The first kappa shape index (κ1) is 14.0. The molecule has 3 N–H and O–H groups in total. The van der Waals surface area contributed by atoms with E-state index in [1.165, 1.54) is 0 Å². The largest absolute Gasteiger partial charge is 0.383 e. The molecule has 0 spiro atoms. The van der Waals surface area contributed by atoms with Gasteiger partial charge in [-0.2, -0.15) is 0 Å². The zero-order chi connectivity index (χ0) is 14.0. The second-order valence-electron chi connectivity index (χ2n) is 4.61. The molecule has 0 aliphatic carbocycles. The molecule has 0 bridgehead atoms. The summed E-state index contributed by atoms with van der Waals surface area (Å²) in [5, 5.41) is 11.1. The van der Waals surface area contributed by atoms with E-state index >= 15 is 0 Å². The molecule has 0 saturated carbocycles. The zero-order valence-electron chi connectivity index (χ0n) is 11.0. The van der Waals surface area contributed by atoms with E-state index in [2.05, 4.69) is 20.9 Å². The molecule has 2 rings (SSSR count). The van der Waals surface area contributed by atoms with Crippen LogP contribution < -0.4 is 5.73 Å². The van der Waals surface area contributed by atoms with Crippen molar-refractivity contribution in [2.45, 2.75) is 25.9 Å². The van der Waals surface area contributed by atoms with Crippen molar-refractivity contribution in [1.29, 1.82) is 0 Å². The Morgan fingerprint density at radius 3 is 2.68 bits per heavy atom. The summed E-state index contributed by atoms with van der Waals surface area (Å²) < 4.78 is 0.928. The minimum Gasteiger partial charge on any atom is -0.383 e. The molecule has 0 saturated heterocycles. The van der Waals surface area contributed by atoms with Gasteiger partial charge < -0.3 is 10.8 Å². The lowest BCUT2D eigenvalue weighted by Gasteiger charge is -2.30. The summed E-state index contributed by atoms with van der Waals surface area (Å²) in [5.74, 6) is 0.379. The topological polar surface area (TPSA) is 59.1 Å². The first-order chi connectivity index (χ1) is 8.99. The number of halogens is 1. The minimum atomic E-state index is -1.12. The molecule has 1 aromatic carbocycles. The molecule has 1 aromatic heterocycles. The van der Waals surface area contributed by atoms with Crippen LogP contribution in [-0.4, -0.2) is 10.1 Å². The van der Waals surface area contributed by atoms with Crippen LogP contribution in [0.2, 0.25) is 0 Å². The van der Waals surface area contributed by atoms with E-state index in [4.69, 9.17) is 5.73 Å². The monoisotopic (exact) mass is 320 g/mol. The van der Waals surface area contributed by atoms with Gasteiger partial charge in [0.25, 0.3) is 0 Å². The number of anilines is 1. The lowest BCUT2D eigenvalue weighted by molar-refractivity contribution is 0.0763. The van der Waals surface area contributed by atoms with Crippen LogP contribution in [0.1, 0.15) is 30.0 Å². The number of nitrogens with two attached hydrogens (primary N) is 1. The maximum Gasteiger partial charge on any atom is 0.130 e. The smallest absolute Gasteiger partial charge is 0.130 e. The molecule has 2 aromatic rings. The fourth-order valence-corrected chi connectivity index (χ4v) is 2.79. The Morgan fingerprint density at radius 1 is 1.37 bits per heavy atom. The molecule has 1 heterocycles. The number of hydrogen-bond acceptors (Lipinski definition) is 3. The highest BCUT2D eigenvalue weighted by Gasteiger charge is 2.33. The average Bonchev–Trinajstić information content (AvgIpc) is 2.38. The van der Waals surface area contributed by atoms with Gasteiger partial charge in [-0.1, -0.05) is 35.0 Å². The first-order valence-corrected chi connectivity index (χ1v) is 6.98. The number of pyridine rings is 1. The SMILES string of the molecule is CCC(O)(c1cccc(Br)c1)c1c(C)ccnc1N. The summed E-state index contributed by atoms with van der Waals surface area (Å²) in [6.45, 7) is 3.87. The van der Waals surface area contributed by atoms with Gasteiger partial charge in [-0.25, -0.2) is 4.98 Å². The maximum atomic E-state index is 11.1. The van der Waals surface area contributed by atoms with Crippen LogP contribution in [-0.2, 0) is 5.60 Å². The van der Waals surface area contributed by atoms with E-state index in [-0.39, 0.29) is 0 Å². The Bertz CT molecular complexity index is 580. The highest BCUT2D eigenvalue weighted by atomic mass is 79.9. The molecule has 0 aliphatic heterocycles. The Kier molecular flexibility index (Phi) is 3.92. The van der Waals surface area contributed by atoms with Crippen molar-refractivity contribution >= 4 is 21.7 Å². The predicted octanol–water partition coefficient (Wildman–Crippen LogP) is 3.38. The number of aromatic nitrogens is 1. The van der Waals surface area contributed by atoms with Crippen molar-refractivity contribution in [3.05, 3.63) is 57.7 Å². The van der Waals surface area contributed by atoms with Crippen molar-refractivity contribution in [3.8, 4) is 0 Å². The van der Waals surface area contributed by atoms with Gasteiger partial charge in [0, 0.05) is 16.2 Å². The summed E-state index contributed by atoms with van der Waals surface area (Å²) >= 11 is 3.44. The van der Waals surface area contributed by atoms with Crippen LogP contribution in [0.25, 0.3) is 0 Å². The number of hydrogen-bond donors (Lipinski definition) is 2. The fraction of sp³-hybridized carbons (Fsp3) is 0.267. The number of aryl methyl sites for hydroxylation is 1. The third-order valence-electron chi connectivity index (χ3n) is 3.42. The van der Waals surface area contributed by atoms with Gasteiger partial charge in [-0.05, 0) is 42.7 Å². The van der Waals surface area contributed by atoms with Crippen LogP contribution in [0, 0.1) is 6.92 Å². The quantitative estimate of drug-likeness (QED) is 0.911.